The quantitative estimate of drug-likeness (QED) is 0.842. The zero-order chi connectivity index (χ0) is 17.8. The van der Waals surface area contributed by atoms with E-state index in [9.17, 15) is 18.7 Å². The molecule has 1 amide bonds. The summed E-state index contributed by atoms with van der Waals surface area (Å²) in [6, 6.07) is 10.8. The van der Waals surface area contributed by atoms with Crippen LogP contribution in [0.15, 0.2) is 48.7 Å². The molecular formula is C18H18F2N2O3. The van der Waals surface area contributed by atoms with Crippen molar-refractivity contribution >= 4 is 5.91 Å². The summed E-state index contributed by atoms with van der Waals surface area (Å²) in [4.78, 5) is 16.9. The van der Waals surface area contributed by atoms with Crippen LogP contribution in [0.2, 0.25) is 0 Å². The summed E-state index contributed by atoms with van der Waals surface area (Å²) in [5.74, 6) is -0.659. The molecule has 1 aromatic carbocycles. The average molecular weight is 348 g/mol. The molecule has 1 aromatic heterocycles. The van der Waals surface area contributed by atoms with E-state index in [0.29, 0.717) is 18.5 Å². The number of alkyl halides is 2. The number of para-hydroxylation sites is 1. The number of amides is 1. The highest BCUT2D eigenvalue weighted by Crippen LogP contribution is 2.37. The molecule has 0 bridgehead atoms. The molecule has 0 unspecified atom stereocenters. The van der Waals surface area contributed by atoms with Crippen LogP contribution >= 0.6 is 0 Å². The lowest BCUT2D eigenvalue weighted by Crippen LogP contribution is -2.41. The minimum atomic E-state index is -3.01. The van der Waals surface area contributed by atoms with Gasteiger partial charge < -0.3 is 15.2 Å². The Morgan fingerprint density at radius 2 is 1.92 bits per heavy atom. The smallest absolute Gasteiger partial charge is 0.387 e. The number of hydrogen-bond acceptors (Lipinski definition) is 4. The van der Waals surface area contributed by atoms with Crippen molar-refractivity contribution in [1.82, 2.24) is 10.3 Å². The van der Waals surface area contributed by atoms with Gasteiger partial charge in [-0.05, 0) is 43.0 Å². The molecule has 1 atom stereocenters. The standard InChI is InChI=1S/C18H18F2N2O3/c19-18(20)25-15-7-2-1-5-13(15)17(24)22-16(11-9-12(23)10-11)14-6-3-4-8-21-14/h1-8,11-12,16,18,23H,9-10H2,(H,22,24)/t11?,12?,16-/m1/s1. The van der Waals surface area contributed by atoms with Crippen molar-refractivity contribution in [2.24, 2.45) is 5.92 Å². The number of rotatable bonds is 6. The predicted molar refractivity (Wildman–Crippen MR) is 86.2 cm³/mol. The monoisotopic (exact) mass is 348 g/mol. The van der Waals surface area contributed by atoms with Gasteiger partial charge in [-0.1, -0.05) is 18.2 Å². The third-order valence-corrected chi connectivity index (χ3v) is 4.26. The van der Waals surface area contributed by atoms with E-state index >= 15 is 0 Å². The van der Waals surface area contributed by atoms with E-state index in [1.165, 1.54) is 18.2 Å². The van der Waals surface area contributed by atoms with Gasteiger partial charge in [-0.2, -0.15) is 8.78 Å². The van der Waals surface area contributed by atoms with Crippen LogP contribution in [0.4, 0.5) is 8.78 Å². The van der Waals surface area contributed by atoms with E-state index < -0.39 is 18.6 Å². The van der Waals surface area contributed by atoms with Gasteiger partial charge in [0.1, 0.15) is 5.75 Å². The lowest BCUT2D eigenvalue weighted by atomic mass is 9.76. The summed E-state index contributed by atoms with van der Waals surface area (Å²) in [6.07, 6.45) is 2.34. The molecule has 132 valence electrons. The van der Waals surface area contributed by atoms with E-state index in [4.69, 9.17) is 0 Å². The summed E-state index contributed by atoms with van der Waals surface area (Å²) < 4.78 is 29.5. The third-order valence-electron chi connectivity index (χ3n) is 4.26. The average Bonchev–Trinajstić information content (AvgIpc) is 2.58. The maximum Gasteiger partial charge on any atom is 0.387 e. The SMILES string of the molecule is O=C(N[C@@H](c1ccccn1)C1CC(O)C1)c1ccccc1OC(F)F. The maximum absolute atomic E-state index is 12.6. The maximum atomic E-state index is 12.6. The Kier molecular flexibility index (Phi) is 5.23. The molecule has 0 spiro atoms. The topological polar surface area (TPSA) is 71.5 Å². The van der Waals surface area contributed by atoms with Gasteiger partial charge in [0.25, 0.3) is 5.91 Å². The lowest BCUT2D eigenvalue weighted by molar-refractivity contribution is -0.0502. The van der Waals surface area contributed by atoms with Crippen molar-refractivity contribution in [1.29, 1.82) is 0 Å². The predicted octanol–water partition coefficient (Wildman–Crippen LogP) is 2.93. The number of pyridine rings is 1. The van der Waals surface area contributed by atoms with Crippen LogP contribution in [0.5, 0.6) is 5.75 Å². The van der Waals surface area contributed by atoms with E-state index in [-0.39, 0.29) is 23.3 Å². The fraction of sp³-hybridized carbons (Fsp3) is 0.333. The van der Waals surface area contributed by atoms with Gasteiger partial charge in [-0.25, -0.2) is 0 Å². The number of hydrogen-bond donors (Lipinski definition) is 2. The minimum absolute atomic E-state index is 0.0311. The van der Waals surface area contributed by atoms with Crippen LogP contribution < -0.4 is 10.1 Å². The first kappa shape index (κ1) is 17.3. The largest absolute Gasteiger partial charge is 0.434 e. The zero-order valence-electron chi connectivity index (χ0n) is 13.3. The Labute approximate surface area is 143 Å². The van der Waals surface area contributed by atoms with Gasteiger partial charge in [0.2, 0.25) is 0 Å². The number of ether oxygens (including phenoxy) is 1. The number of nitrogens with zero attached hydrogens (tertiary/aromatic N) is 1. The van der Waals surface area contributed by atoms with E-state index in [1.807, 2.05) is 6.07 Å². The molecule has 1 saturated carbocycles. The number of aliphatic hydroxyl groups is 1. The molecule has 0 saturated heterocycles. The number of nitrogens with one attached hydrogen (secondary N) is 1. The van der Waals surface area contributed by atoms with Gasteiger partial charge in [-0.3, -0.25) is 9.78 Å². The minimum Gasteiger partial charge on any atom is -0.434 e. The van der Waals surface area contributed by atoms with Gasteiger partial charge in [0, 0.05) is 6.20 Å². The van der Waals surface area contributed by atoms with Crippen molar-refractivity contribution in [3.05, 3.63) is 59.9 Å². The third kappa shape index (κ3) is 4.11. The molecule has 1 aliphatic rings. The van der Waals surface area contributed by atoms with Crippen LogP contribution in [0, 0.1) is 5.92 Å². The molecule has 1 heterocycles. The fourth-order valence-corrected chi connectivity index (χ4v) is 2.97. The lowest BCUT2D eigenvalue weighted by Gasteiger charge is -2.37. The zero-order valence-corrected chi connectivity index (χ0v) is 13.3. The summed E-state index contributed by atoms with van der Waals surface area (Å²) in [5, 5.41) is 12.4. The summed E-state index contributed by atoms with van der Waals surface area (Å²) in [7, 11) is 0. The second kappa shape index (κ2) is 7.57. The Morgan fingerprint density at radius 3 is 2.56 bits per heavy atom. The summed E-state index contributed by atoms with van der Waals surface area (Å²) >= 11 is 0. The van der Waals surface area contributed by atoms with Gasteiger partial charge in [0.05, 0.1) is 23.4 Å². The summed E-state index contributed by atoms with van der Waals surface area (Å²) in [5.41, 5.74) is 0.698. The molecule has 0 radical (unpaired) electrons. The number of aromatic nitrogens is 1. The number of benzene rings is 1. The van der Waals surface area contributed by atoms with Gasteiger partial charge in [0.15, 0.2) is 0 Å². The fourth-order valence-electron chi connectivity index (χ4n) is 2.97. The van der Waals surface area contributed by atoms with E-state index in [0.717, 1.165) is 0 Å². The first-order valence-electron chi connectivity index (χ1n) is 7.98. The molecule has 1 fully saturated rings. The second-order valence-corrected chi connectivity index (χ2v) is 5.97. The van der Waals surface area contributed by atoms with Crippen molar-refractivity contribution in [3.63, 3.8) is 0 Å². The second-order valence-electron chi connectivity index (χ2n) is 5.97. The van der Waals surface area contributed by atoms with Crippen LogP contribution in [0.25, 0.3) is 0 Å². The highest BCUT2D eigenvalue weighted by molar-refractivity contribution is 5.97. The Bertz CT molecular complexity index is 721. The number of carbonyl (C=O) groups excluding carboxylic acids is 1. The van der Waals surface area contributed by atoms with Crippen LogP contribution in [0.3, 0.4) is 0 Å². The Hall–Kier alpha value is -2.54. The molecular weight excluding hydrogens is 330 g/mol. The first-order valence-corrected chi connectivity index (χ1v) is 7.98. The molecule has 25 heavy (non-hydrogen) atoms. The number of carbonyl (C=O) groups is 1. The van der Waals surface area contributed by atoms with Crippen molar-refractivity contribution < 1.29 is 23.4 Å². The number of halogens is 2. The van der Waals surface area contributed by atoms with Crippen LogP contribution in [-0.2, 0) is 0 Å². The highest BCUT2D eigenvalue weighted by Gasteiger charge is 2.36. The first-order chi connectivity index (χ1) is 12.0. The van der Waals surface area contributed by atoms with Gasteiger partial charge >= 0.3 is 6.61 Å². The molecule has 5 nitrogen and oxygen atoms in total. The molecule has 2 N–H and O–H groups in total. The normalized spacial score (nSPS) is 20.6. The molecule has 7 heteroatoms. The molecule has 0 aliphatic heterocycles. The molecule has 2 aromatic rings. The number of aliphatic hydroxyl groups excluding tert-OH is 1. The van der Waals surface area contributed by atoms with Crippen LogP contribution in [-0.4, -0.2) is 28.7 Å². The van der Waals surface area contributed by atoms with E-state index in [2.05, 4.69) is 15.0 Å². The molecule has 3 rings (SSSR count). The highest BCUT2D eigenvalue weighted by atomic mass is 19.3. The summed E-state index contributed by atoms with van der Waals surface area (Å²) in [6.45, 7) is -3.01. The van der Waals surface area contributed by atoms with Gasteiger partial charge in [-0.15, -0.1) is 0 Å². The van der Waals surface area contributed by atoms with Crippen LogP contribution in [0.1, 0.15) is 34.9 Å². The van der Waals surface area contributed by atoms with Crippen molar-refractivity contribution in [2.75, 3.05) is 0 Å². The molecule has 1 aliphatic carbocycles. The Balaban J connectivity index is 1.81. The Morgan fingerprint density at radius 1 is 1.20 bits per heavy atom. The van der Waals surface area contributed by atoms with Crippen molar-refractivity contribution in [3.8, 4) is 5.75 Å². The van der Waals surface area contributed by atoms with Crippen molar-refractivity contribution in [2.45, 2.75) is 31.6 Å². The van der Waals surface area contributed by atoms with E-state index in [1.54, 1.807) is 24.4 Å².